The molecule has 0 amide bonds. The van der Waals surface area contributed by atoms with Crippen molar-refractivity contribution in [3.8, 4) is 0 Å². The summed E-state index contributed by atoms with van der Waals surface area (Å²) in [6.45, 7) is 6.72. The number of carboxylic acids is 1. The van der Waals surface area contributed by atoms with Crippen LogP contribution in [0.4, 0.5) is 0 Å². The number of hydrogen-bond donors (Lipinski definition) is 1. The fourth-order valence-corrected chi connectivity index (χ4v) is 2.32. The summed E-state index contributed by atoms with van der Waals surface area (Å²) < 4.78 is 5.55. The number of carbonyl (C=O) groups is 1. The highest BCUT2D eigenvalue weighted by Gasteiger charge is 2.26. The van der Waals surface area contributed by atoms with Gasteiger partial charge in [0, 0.05) is 12.6 Å². The molecule has 1 rings (SSSR count). The number of piperidine rings is 1. The summed E-state index contributed by atoms with van der Waals surface area (Å²) in [6.07, 6.45) is 3.65. The smallest absolute Gasteiger partial charge is 0.306 e. The molecular formula is C12H23NO3. The second-order valence-corrected chi connectivity index (χ2v) is 4.43. The Morgan fingerprint density at radius 2 is 2.00 bits per heavy atom. The van der Waals surface area contributed by atoms with Crippen molar-refractivity contribution in [1.82, 2.24) is 4.90 Å². The minimum absolute atomic E-state index is 0.103. The Morgan fingerprint density at radius 1 is 1.38 bits per heavy atom. The molecule has 1 aliphatic heterocycles. The van der Waals surface area contributed by atoms with Crippen LogP contribution >= 0.6 is 0 Å². The maximum absolute atomic E-state index is 10.8. The number of likely N-dealkylation sites (tertiary alicyclic amines) is 1. The molecule has 4 nitrogen and oxygen atoms in total. The van der Waals surface area contributed by atoms with Crippen molar-refractivity contribution >= 4 is 5.97 Å². The van der Waals surface area contributed by atoms with Crippen LogP contribution in [-0.4, -0.2) is 47.8 Å². The summed E-state index contributed by atoms with van der Waals surface area (Å²) in [7, 11) is 0. The Morgan fingerprint density at radius 3 is 2.50 bits per heavy atom. The van der Waals surface area contributed by atoms with Crippen LogP contribution in [-0.2, 0) is 9.53 Å². The van der Waals surface area contributed by atoms with Gasteiger partial charge in [-0.05, 0) is 39.8 Å². The number of nitrogens with zero attached hydrogens (tertiary/aromatic N) is 1. The van der Waals surface area contributed by atoms with E-state index in [-0.39, 0.29) is 18.6 Å². The molecule has 0 aromatic rings. The molecular weight excluding hydrogens is 206 g/mol. The highest BCUT2D eigenvalue weighted by atomic mass is 16.5. The zero-order valence-corrected chi connectivity index (χ0v) is 10.3. The number of carboxylic acid groups (broad SMARTS) is 1. The monoisotopic (exact) mass is 229 g/mol. The summed E-state index contributed by atoms with van der Waals surface area (Å²) in [5.41, 5.74) is 0. The molecule has 1 heterocycles. The van der Waals surface area contributed by atoms with E-state index in [9.17, 15) is 4.79 Å². The fraction of sp³-hybridized carbons (Fsp3) is 0.917. The molecule has 1 N–H and O–H groups in total. The largest absolute Gasteiger partial charge is 0.481 e. The molecule has 1 fully saturated rings. The predicted octanol–water partition coefficient (Wildman–Crippen LogP) is 1.74. The van der Waals surface area contributed by atoms with Gasteiger partial charge in [0.25, 0.3) is 0 Å². The number of hydrogen-bond acceptors (Lipinski definition) is 3. The Balaban J connectivity index is 2.50. The Bertz CT molecular complexity index is 214. The van der Waals surface area contributed by atoms with Crippen LogP contribution in [0.25, 0.3) is 0 Å². The lowest BCUT2D eigenvalue weighted by atomic mass is 10.0. The molecule has 0 bridgehead atoms. The SMILES string of the molecule is CCOC(CC(=O)O)C(C)N1CCCCC1. The lowest BCUT2D eigenvalue weighted by molar-refractivity contribution is -0.141. The maximum atomic E-state index is 10.8. The van der Waals surface area contributed by atoms with E-state index in [0.717, 1.165) is 13.1 Å². The zero-order valence-electron chi connectivity index (χ0n) is 10.3. The first-order valence-corrected chi connectivity index (χ1v) is 6.22. The van der Waals surface area contributed by atoms with Gasteiger partial charge < -0.3 is 9.84 Å². The van der Waals surface area contributed by atoms with Gasteiger partial charge in [0.1, 0.15) is 0 Å². The quantitative estimate of drug-likeness (QED) is 0.753. The van der Waals surface area contributed by atoms with Crippen molar-refractivity contribution in [2.75, 3.05) is 19.7 Å². The minimum atomic E-state index is -0.776. The molecule has 1 aliphatic rings. The first-order chi connectivity index (χ1) is 7.65. The summed E-state index contributed by atoms with van der Waals surface area (Å²) in [5.74, 6) is -0.776. The van der Waals surface area contributed by atoms with Gasteiger partial charge in [-0.1, -0.05) is 6.42 Å². The molecule has 2 atom stereocenters. The van der Waals surface area contributed by atoms with Gasteiger partial charge in [-0.15, -0.1) is 0 Å². The molecule has 4 heteroatoms. The molecule has 0 aromatic carbocycles. The first kappa shape index (κ1) is 13.5. The van der Waals surface area contributed by atoms with Gasteiger partial charge in [0.05, 0.1) is 12.5 Å². The molecule has 16 heavy (non-hydrogen) atoms. The Hall–Kier alpha value is -0.610. The zero-order chi connectivity index (χ0) is 12.0. The average molecular weight is 229 g/mol. The minimum Gasteiger partial charge on any atom is -0.481 e. The van der Waals surface area contributed by atoms with Crippen molar-refractivity contribution in [2.24, 2.45) is 0 Å². The lowest BCUT2D eigenvalue weighted by Crippen LogP contribution is -2.46. The number of rotatable bonds is 6. The Labute approximate surface area is 97.6 Å². The van der Waals surface area contributed by atoms with Crippen LogP contribution in [0.5, 0.6) is 0 Å². The third-order valence-corrected chi connectivity index (χ3v) is 3.26. The first-order valence-electron chi connectivity index (χ1n) is 6.22. The van der Waals surface area contributed by atoms with E-state index in [1.54, 1.807) is 0 Å². The summed E-state index contributed by atoms with van der Waals surface area (Å²) >= 11 is 0. The van der Waals surface area contributed by atoms with Crippen LogP contribution in [0.3, 0.4) is 0 Å². The topological polar surface area (TPSA) is 49.8 Å². The highest BCUT2D eigenvalue weighted by molar-refractivity contribution is 5.67. The van der Waals surface area contributed by atoms with Gasteiger partial charge >= 0.3 is 5.97 Å². The van der Waals surface area contributed by atoms with E-state index in [4.69, 9.17) is 9.84 Å². The van der Waals surface area contributed by atoms with E-state index in [0.29, 0.717) is 6.61 Å². The summed E-state index contributed by atoms with van der Waals surface area (Å²) in [5, 5.41) is 8.86. The van der Waals surface area contributed by atoms with Crippen molar-refractivity contribution in [3.05, 3.63) is 0 Å². The summed E-state index contributed by atoms with van der Waals surface area (Å²) in [4.78, 5) is 13.1. The van der Waals surface area contributed by atoms with E-state index in [1.165, 1.54) is 19.3 Å². The standard InChI is InChI=1S/C12H23NO3/c1-3-16-11(9-12(14)15)10(2)13-7-5-4-6-8-13/h10-11H,3-9H2,1-2H3,(H,14,15). The van der Waals surface area contributed by atoms with Crippen LogP contribution in [0.15, 0.2) is 0 Å². The van der Waals surface area contributed by atoms with Crippen molar-refractivity contribution < 1.29 is 14.6 Å². The van der Waals surface area contributed by atoms with Crippen molar-refractivity contribution in [2.45, 2.75) is 51.7 Å². The van der Waals surface area contributed by atoms with Crippen LogP contribution in [0, 0.1) is 0 Å². The molecule has 0 spiro atoms. The van der Waals surface area contributed by atoms with Crippen molar-refractivity contribution in [1.29, 1.82) is 0 Å². The van der Waals surface area contributed by atoms with Gasteiger partial charge in [0.15, 0.2) is 0 Å². The lowest BCUT2D eigenvalue weighted by Gasteiger charge is -2.36. The molecule has 94 valence electrons. The highest BCUT2D eigenvalue weighted by Crippen LogP contribution is 2.17. The second-order valence-electron chi connectivity index (χ2n) is 4.43. The molecule has 2 unspecified atom stereocenters. The van der Waals surface area contributed by atoms with Crippen LogP contribution < -0.4 is 0 Å². The van der Waals surface area contributed by atoms with E-state index in [2.05, 4.69) is 11.8 Å². The van der Waals surface area contributed by atoms with Crippen LogP contribution in [0.2, 0.25) is 0 Å². The third kappa shape index (κ3) is 4.10. The van der Waals surface area contributed by atoms with Gasteiger partial charge in [-0.3, -0.25) is 9.69 Å². The average Bonchev–Trinajstić information content (AvgIpc) is 2.28. The molecule has 0 saturated carbocycles. The Kier molecular flexibility index (Phi) is 5.77. The van der Waals surface area contributed by atoms with Crippen LogP contribution in [0.1, 0.15) is 39.5 Å². The molecule has 1 saturated heterocycles. The third-order valence-electron chi connectivity index (χ3n) is 3.26. The van der Waals surface area contributed by atoms with Crippen molar-refractivity contribution in [3.63, 3.8) is 0 Å². The van der Waals surface area contributed by atoms with Gasteiger partial charge in [-0.25, -0.2) is 0 Å². The molecule has 0 aromatic heterocycles. The van der Waals surface area contributed by atoms with E-state index >= 15 is 0 Å². The fourth-order valence-electron chi connectivity index (χ4n) is 2.32. The van der Waals surface area contributed by atoms with E-state index in [1.807, 2.05) is 6.92 Å². The summed E-state index contributed by atoms with van der Waals surface area (Å²) in [6, 6.07) is 0.205. The maximum Gasteiger partial charge on any atom is 0.306 e. The predicted molar refractivity (Wildman–Crippen MR) is 62.6 cm³/mol. The number of aliphatic carboxylic acids is 1. The van der Waals surface area contributed by atoms with Gasteiger partial charge in [0.2, 0.25) is 0 Å². The number of ether oxygens (including phenoxy) is 1. The normalized spacial score (nSPS) is 21.6. The second kappa shape index (κ2) is 6.86. The molecule has 0 radical (unpaired) electrons. The van der Waals surface area contributed by atoms with E-state index < -0.39 is 5.97 Å². The molecule has 0 aliphatic carbocycles. The van der Waals surface area contributed by atoms with Gasteiger partial charge in [-0.2, -0.15) is 0 Å².